The van der Waals surface area contributed by atoms with Gasteiger partial charge in [-0.2, -0.15) is 0 Å². The van der Waals surface area contributed by atoms with Crippen molar-refractivity contribution in [3.63, 3.8) is 0 Å². The van der Waals surface area contributed by atoms with Crippen LogP contribution in [0.2, 0.25) is 0 Å². The van der Waals surface area contributed by atoms with Crippen LogP contribution in [-0.4, -0.2) is 4.57 Å². The Labute approximate surface area is 183 Å². The van der Waals surface area contributed by atoms with E-state index in [1.807, 2.05) is 0 Å². The fraction of sp³-hybridized carbons (Fsp3) is 0.222. The minimum absolute atomic E-state index is 0.904. The minimum Gasteiger partial charge on any atom is -0.316 e. The van der Waals surface area contributed by atoms with E-state index in [1.165, 1.54) is 33.5 Å². The van der Waals surface area contributed by atoms with E-state index in [0.717, 1.165) is 29.9 Å². The summed E-state index contributed by atoms with van der Waals surface area (Å²) in [4.78, 5) is 6.04. The smallest absolute Gasteiger partial charge is 0.190 e. The van der Waals surface area contributed by atoms with Crippen LogP contribution < -0.4 is 4.80 Å². The summed E-state index contributed by atoms with van der Waals surface area (Å²) in [5.74, 6) is 0. The third-order valence-corrected chi connectivity index (χ3v) is 6.50. The lowest BCUT2D eigenvalue weighted by Crippen LogP contribution is -2.17. The molecule has 4 rings (SSSR count). The molecule has 0 aliphatic heterocycles. The van der Waals surface area contributed by atoms with Gasteiger partial charge in [-0.15, -0.1) is 11.3 Å². The van der Waals surface area contributed by atoms with Crippen molar-refractivity contribution in [2.75, 3.05) is 0 Å². The van der Waals surface area contributed by atoms with Gasteiger partial charge in [0.05, 0.1) is 11.4 Å². The van der Waals surface area contributed by atoms with E-state index in [2.05, 4.69) is 104 Å². The van der Waals surface area contributed by atoms with Gasteiger partial charge in [0.25, 0.3) is 0 Å². The number of thiazole rings is 1. The Kier molecular flexibility index (Phi) is 6.29. The Hall–Kier alpha value is -2.91. The van der Waals surface area contributed by atoms with Gasteiger partial charge in [-0.3, -0.25) is 0 Å². The molecular weight excluding hydrogens is 384 g/mol. The van der Waals surface area contributed by atoms with Gasteiger partial charge >= 0.3 is 0 Å². The summed E-state index contributed by atoms with van der Waals surface area (Å²) in [6, 6.07) is 26.0. The van der Waals surface area contributed by atoms with Gasteiger partial charge < -0.3 is 4.57 Å². The van der Waals surface area contributed by atoms with Crippen molar-refractivity contribution in [1.82, 2.24) is 4.57 Å². The van der Waals surface area contributed by atoms with Crippen LogP contribution in [0.3, 0.4) is 0 Å². The maximum atomic E-state index is 5.00. The molecule has 0 spiro atoms. The third kappa shape index (κ3) is 4.63. The zero-order valence-corrected chi connectivity index (χ0v) is 18.7. The maximum Gasteiger partial charge on any atom is 0.190 e. The van der Waals surface area contributed by atoms with Gasteiger partial charge in [-0.05, 0) is 72.7 Å². The molecule has 0 aliphatic carbocycles. The van der Waals surface area contributed by atoms with E-state index >= 15 is 0 Å². The highest BCUT2D eigenvalue weighted by Crippen LogP contribution is 2.24. The topological polar surface area (TPSA) is 17.3 Å². The lowest BCUT2D eigenvalue weighted by Gasteiger charge is -2.11. The molecule has 1 aromatic heterocycles. The Bertz CT molecular complexity index is 1180. The van der Waals surface area contributed by atoms with Gasteiger partial charge in [-0.25, -0.2) is 4.99 Å². The average Bonchev–Trinajstić information content (AvgIpc) is 3.17. The molecule has 0 N–H and O–H groups in total. The number of hydrogen-bond acceptors (Lipinski definition) is 2. The quantitative estimate of drug-likeness (QED) is 0.329. The summed E-state index contributed by atoms with van der Waals surface area (Å²) in [6.07, 6.45) is 2.03. The molecule has 0 radical (unpaired) electrons. The third-order valence-electron chi connectivity index (χ3n) is 5.64. The average molecular weight is 413 g/mol. The number of aryl methyl sites for hydroxylation is 4. The summed E-state index contributed by atoms with van der Waals surface area (Å²) in [5, 5.41) is 2.24. The highest BCUT2D eigenvalue weighted by Gasteiger charge is 2.10. The van der Waals surface area contributed by atoms with Crippen LogP contribution in [0.5, 0.6) is 0 Å². The molecule has 3 aromatic carbocycles. The van der Waals surface area contributed by atoms with Gasteiger partial charge in [-0.1, -0.05) is 61.5 Å². The monoisotopic (exact) mass is 412 g/mol. The predicted molar refractivity (Wildman–Crippen MR) is 128 cm³/mol. The van der Waals surface area contributed by atoms with Crippen LogP contribution in [0, 0.1) is 13.8 Å². The summed E-state index contributed by atoms with van der Waals surface area (Å²) >= 11 is 1.72. The van der Waals surface area contributed by atoms with Crippen molar-refractivity contribution in [3.05, 3.63) is 105 Å². The van der Waals surface area contributed by atoms with Crippen molar-refractivity contribution < 1.29 is 0 Å². The van der Waals surface area contributed by atoms with Crippen LogP contribution in [-0.2, 0) is 19.4 Å². The zero-order valence-electron chi connectivity index (χ0n) is 17.9. The molecule has 4 aromatic rings. The molecule has 0 unspecified atom stereocenters. The molecule has 3 heteroatoms. The van der Waals surface area contributed by atoms with Gasteiger partial charge in [0, 0.05) is 11.9 Å². The molecule has 0 amide bonds. The van der Waals surface area contributed by atoms with Crippen molar-refractivity contribution in [3.8, 4) is 11.3 Å². The first-order valence-electron chi connectivity index (χ1n) is 10.6. The second-order valence-corrected chi connectivity index (χ2v) is 8.56. The number of aromatic nitrogens is 1. The van der Waals surface area contributed by atoms with E-state index < -0.39 is 0 Å². The second kappa shape index (κ2) is 9.27. The molecule has 30 heavy (non-hydrogen) atoms. The Morgan fingerprint density at radius 3 is 2.30 bits per heavy atom. The molecule has 0 bridgehead atoms. The van der Waals surface area contributed by atoms with Crippen molar-refractivity contribution in [2.24, 2.45) is 4.99 Å². The van der Waals surface area contributed by atoms with Crippen molar-refractivity contribution in [2.45, 2.75) is 40.2 Å². The molecule has 0 saturated carbocycles. The van der Waals surface area contributed by atoms with Crippen molar-refractivity contribution >= 4 is 17.0 Å². The summed E-state index contributed by atoms with van der Waals surface area (Å²) in [5.41, 5.74) is 8.84. The lowest BCUT2D eigenvalue weighted by atomic mass is 10.0. The van der Waals surface area contributed by atoms with Crippen LogP contribution in [0.15, 0.2) is 83.2 Å². The van der Waals surface area contributed by atoms with Crippen LogP contribution in [0.25, 0.3) is 11.3 Å². The second-order valence-electron chi connectivity index (χ2n) is 7.72. The number of benzene rings is 3. The summed E-state index contributed by atoms with van der Waals surface area (Å²) in [7, 11) is 0. The van der Waals surface area contributed by atoms with E-state index in [1.54, 1.807) is 11.3 Å². The molecule has 0 fully saturated rings. The van der Waals surface area contributed by atoms with Gasteiger partial charge in [0.2, 0.25) is 0 Å². The van der Waals surface area contributed by atoms with E-state index in [9.17, 15) is 0 Å². The predicted octanol–water partition coefficient (Wildman–Crippen LogP) is 6.87. The Balaban J connectivity index is 1.75. The first-order valence-corrected chi connectivity index (χ1v) is 11.5. The lowest BCUT2D eigenvalue weighted by molar-refractivity contribution is 0.684. The van der Waals surface area contributed by atoms with Crippen LogP contribution in [0.4, 0.5) is 5.69 Å². The summed E-state index contributed by atoms with van der Waals surface area (Å²) < 4.78 is 2.37. The highest BCUT2D eigenvalue weighted by atomic mass is 32.1. The maximum absolute atomic E-state index is 5.00. The summed E-state index contributed by atoms with van der Waals surface area (Å²) in [6.45, 7) is 7.43. The van der Waals surface area contributed by atoms with Crippen molar-refractivity contribution in [1.29, 1.82) is 0 Å². The molecular formula is C27H28N2S. The zero-order chi connectivity index (χ0) is 20.9. The van der Waals surface area contributed by atoms with E-state index in [-0.39, 0.29) is 0 Å². The number of rotatable bonds is 6. The Morgan fingerprint density at radius 1 is 0.833 bits per heavy atom. The molecule has 0 atom stereocenters. The molecule has 0 saturated heterocycles. The van der Waals surface area contributed by atoms with Gasteiger partial charge in [0.15, 0.2) is 4.80 Å². The van der Waals surface area contributed by atoms with E-state index in [4.69, 9.17) is 4.99 Å². The molecule has 0 aliphatic rings. The first kappa shape index (κ1) is 20.4. The molecule has 152 valence electrons. The van der Waals surface area contributed by atoms with Crippen LogP contribution >= 0.6 is 11.3 Å². The Morgan fingerprint density at radius 2 is 1.60 bits per heavy atom. The largest absolute Gasteiger partial charge is 0.316 e. The number of nitrogens with zero attached hydrogens (tertiary/aromatic N) is 2. The molecule has 2 nitrogen and oxygen atoms in total. The molecule has 1 heterocycles. The van der Waals surface area contributed by atoms with Crippen LogP contribution in [0.1, 0.15) is 29.2 Å². The highest BCUT2D eigenvalue weighted by molar-refractivity contribution is 7.07. The fourth-order valence-corrected chi connectivity index (χ4v) is 4.52. The van der Waals surface area contributed by atoms with Gasteiger partial charge in [0.1, 0.15) is 0 Å². The van der Waals surface area contributed by atoms with E-state index in [0.29, 0.717) is 0 Å². The first-order chi connectivity index (χ1) is 14.6. The SMILES string of the molecule is CCc1ccc(N=c2scc(-c3ccc(C)c(C)c3)n2CCc2ccccc2)cc1. The normalized spacial score (nSPS) is 11.8. The minimum atomic E-state index is 0.904. The standard InChI is InChI=1S/C27H28N2S/c1-4-22-11-14-25(15-12-22)28-27-29(17-16-23-8-6-5-7-9-23)26(19-30-27)24-13-10-20(2)21(3)18-24/h5-15,18-19H,4,16-17H2,1-3H3. The fourth-order valence-electron chi connectivity index (χ4n) is 3.57. The number of hydrogen-bond donors (Lipinski definition) is 0.